The molecule has 1 aromatic carbocycles. The molecule has 1 aromatic rings. The number of methoxy groups -OCH3 is 1. The molecule has 0 spiro atoms. The van der Waals surface area contributed by atoms with Gasteiger partial charge in [-0.3, -0.25) is 0 Å². The van der Waals surface area contributed by atoms with Crippen molar-refractivity contribution >= 4 is 20.7 Å². The minimum absolute atomic E-state index is 0.0636. The third-order valence-electron chi connectivity index (χ3n) is 6.50. The van der Waals surface area contributed by atoms with Crippen molar-refractivity contribution in [1.29, 1.82) is 0 Å². The van der Waals surface area contributed by atoms with Crippen molar-refractivity contribution in [3.8, 4) is 0 Å². The first kappa shape index (κ1) is 17.0. The molecule has 2 aliphatic rings. The van der Waals surface area contributed by atoms with Gasteiger partial charge in [0.1, 0.15) is 0 Å². The molecule has 2 fully saturated rings. The molecule has 0 radical (unpaired) electrons. The molecule has 3 rings (SSSR count). The van der Waals surface area contributed by atoms with Crippen molar-refractivity contribution < 1.29 is 9.94 Å². The van der Waals surface area contributed by atoms with Gasteiger partial charge < -0.3 is 0 Å². The molecule has 2 unspecified atom stereocenters. The fourth-order valence-corrected chi connectivity index (χ4v) is 8.50. The molecule has 0 amide bonds. The van der Waals surface area contributed by atoms with Crippen LogP contribution in [0.3, 0.4) is 0 Å². The van der Waals surface area contributed by atoms with Gasteiger partial charge in [-0.2, -0.15) is 0 Å². The zero-order valence-electron chi connectivity index (χ0n) is 14.5. The van der Waals surface area contributed by atoms with Crippen molar-refractivity contribution in [1.82, 2.24) is 0 Å². The van der Waals surface area contributed by atoms with Gasteiger partial charge in [-0.05, 0) is 0 Å². The monoisotopic (exact) mass is 381 g/mol. The Bertz CT molecular complexity index is 586. The Morgan fingerprint density at radius 2 is 2.00 bits per heavy atom. The summed E-state index contributed by atoms with van der Waals surface area (Å²) in [5.41, 5.74) is 2.60. The second-order valence-corrected chi connectivity index (χ2v) is 10.0. The molecule has 0 heterocycles. The molecular formula is C19H27NO2Se. The van der Waals surface area contributed by atoms with Crippen LogP contribution in [0.15, 0.2) is 35.5 Å². The molecule has 4 heteroatoms. The summed E-state index contributed by atoms with van der Waals surface area (Å²) in [5.74, 6) is 0.645. The number of ether oxygens (including phenoxy) is 1. The van der Waals surface area contributed by atoms with Gasteiger partial charge in [0.15, 0.2) is 0 Å². The van der Waals surface area contributed by atoms with E-state index >= 15 is 0 Å². The summed E-state index contributed by atoms with van der Waals surface area (Å²) in [5, 5.41) is 14.5. The summed E-state index contributed by atoms with van der Waals surface area (Å²) in [6, 6.07) is 10.4. The predicted molar refractivity (Wildman–Crippen MR) is 94.3 cm³/mol. The number of nitrogens with zero attached hydrogens (tertiary/aromatic N) is 1. The SMILES string of the molecule is CO[C@H](C[Se]C1/C(=N\O)[C@@]2(C)CCC1C2(C)C)c1ccccc1. The normalized spacial score (nSPS) is 34.9. The van der Waals surface area contributed by atoms with Gasteiger partial charge in [0.25, 0.3) is 0 Å². The molecule has 23 heavy (non-hydrogen) atoms. The standard InChI is InChI=1S/C19H27NO2Se/c1-18(2)14-10-11-19(18,3)17(20-21)16(14)23-12-15(22-4)13-8-6-5-7-9-13/h5-9,14-16,21H,10-12H2,1-4H3/b20-17+/t14?,15-,16?,19-/m1/s1. The van der Waals surface area contributed by atoms with E-state index in [0.29, 0.717) is 25.7 Å². The van der Waals surface area contributed by atoms with E-state index in [2.05, 4.69) is 50.2 Å². The summed E-state index contributed by atoms with van der Waals surface area (Å²) in [4.78, 5) is 0.447. The molecular weight excluding hydrogens is 353 g/mol. The van der Waals surface area contributed by atoms with Gasteiger partial charge in [-0.25, -0.2) is 0 Å². The van der Waals surface area contributed by atoms with Crippen LogP contribution in [0.5, 0.6) is 0 Å². The Kier molecular flexibility index (Phi) is 4.61. The molecule has 0 aromatic heterocycles. The van der Waals surface area contributed by atoms with Crippen LogP contribution in [0.25, 0.3) is 0 Å². The molecule has 2 aliphatic carbocycles. The number of hydrogen-bond acceptors (Lipinski definition) is 3. The average Bonchev–Trinajstić information content (AvgIpc) is 2.87. The van der Waals surface area contributed by atoms with E-state index in [4.69, 9.17) is 4.74 Å². The number of benzene rings is 1. The van der Waals surface area contributed by atoms with Crippen LogP contribution in [-0.2, 0) is 4.74 Å². The fourth-order valence-electron chi connectivity index (χ4n) is 4.55. The van der Waals surface area contributed by atoms with Crippen LogP contribution in [-0.4, -0.2) is 33.0 Å². The van der Waals surface area contributed by atoms with Crippen molar-refractivity contribution in [2.75, 3.05) is 7.11 Å². The van der Waals surface area contributed by atoms with Crippen molar-refractivity contribution in [2.24, 2.45) is 21.9 Å². The number of oxime groups is 1. The van der Waals surface area contributed by atoms with E-state index in [-0.39, 0.29) is 16.9 Å². The van der Waals surface area contributed by atoms with Gasteiger partial charge in [0.05, 0.1) is 0 Å². The van der Waals surface area contributed by atoms with Gasteiger partial charge in [0, 0.05) is 0 Å². The Labute approximate surface area is 145 Å². The summed E-state index contributed by atoms with van der Waals surface area (Å²) in [6.45, 7) is 7.01. The molecule has 126 valence electrons. The van der Waals surface area contributed by atoms with Crippen LogP contribution >= 0.6 is 0 Å². The van der Waals surface area contributed by atoms with E-state index in [1.807, 2.05) is 6.07 Å². The second-order valence-electron chi connectivity index (χ2n) is 7.57. The van der Waals surface area contributed by atoms with Crippen LogP contribution in [0.1, 0.15) is 45.3 Å². The van der Waals surface area contributed by atoms with Crippen LogP contribution in [0.4, 0.5) is 0 Å². The quantitative estimate of drug-likeness (QED) is 0.462. The second kappa shape index (κ2) is 6.23. The van der Waals surface area contributed by atoms with Crippen molar-refractivity contribution in [3.63, 3.8) is 0 Å². The first-order valence-electron chi connectivity index (χ1n) is 8.37. The third-order valence-corrected chi connectivity index (χ3v) is 9.45. The average molecular weight is 380 g/mol. The number of fused-ring (bicyclic) bond motifs is 2. The van der Waals surface area contributed by atoms with Crippen molar-refractivity contribution in [3.05, 3.63) is 35.9 Å². The first-order valence-corrected chi connectivity index (χ1v) is 10.6. The molecule has 2 bridgehead atoms. The van der Waals surface area contributed by atoms with Gasteiger partial charge >= 0.3 is 145 Å². The third kappa shape index (κ3) is 2.56. The van der Waals surface area contributed by atoms with E-state index in [1.54, 1.807) is 7.11 Å². The Morgan fingerprint density at radius 1 is 1.30 bits per heavy atom. The van der Waals surface area contributed by atoms with E-state index in [9.17, 15) is 5.21 Å². The predicted octanol–water partition coefficient (Wildman–Crippen LogP) is 4.57. The maximum atomic E-state index is 9.66. The van der Waals surface area contributed by atoms with E-state index < -0.39 is 0 Å². The molecule has 0 aliphatic heterocycles. The fraction of sp³-hybridized carbons (Fsp3) is 0.632. The summed E-state index contributed by atoms with van der Waals surface area (Å²) < 4.78 is 5.74. The summed E-state index contributed by atoms with van der Waals surface area (Å²) in [6.07, 6.45) is 2.56. The topological polar surface area (TPSA) is 41.8 Å². The minimum atomic E-state index is 0.0636. The zero-order chi connectivity index (χ0) is 16.7. The molecule has 1 N–H and O–H groups in total. The van der Waals surface area contributed by atoms with Crippen LogP contribution < -0.4 is 0 Å². The van der Waals surface area contributed by atoms with E-state index in [0.717, 1.165) is 17.5 Å². The Hall–Kier alpha value is -0.831. The summed E-state index contributed by atoms with van der Waals surface area (Å²) in [7, 11) is 1.79. The molecule has 3 nitrogen and oxygen atoms in total. The number of rotatable bonds is 5. The van der Waals surface area contributed by atoms with Crippen molar-refractivity contribution in [2.45, 2.75) is 49.9 Å². The van der Waals surface area contributed by atoms with E-state index in [1.165, 1.54) is 12.0 Å². The zero-order valence-corrected chi connectivity index (χ0v) is 16.2. The maximum absolute atomic E-state index is 9.66. The Balaban J connectivity index is 1.76. The van der Waals surface area contributed by atoms with Crippen LogP contribution in [0.2, 0.25) is 10.1 Å². The molecule has 0 saturated heterocycles. The Morgan fingerprint density at radius 3 is 2.61 bits per heavy atom. The first-order chi connectivity index (χ1) is 11.0. The van der Waals surface area contributed by atoms with Gasteiger partial charge in [-0.1, -0.05) is 0 Å². The summed E-state index contributed by atoms with van der Waals surface area (Å²) >= 11 is 0.373. The van der Waals surface area contributed by atoms with Gasteiger partial charge in [0.2, 0.25) is 0 Å². The molecule has 4 atom stereocenters. The van der Waals surface area contributed by atoms with Crippen LogP contribution in [0, 0.1) is 16.7 Å². The van der Waals surface area contributed by atoms with Gasteiger partial charge in [-0.15, -0.1) is 0 Å². The number of hydrogen-bond donors (Lipinski definition) is 1. The molecule has 2 saturated carbocycles.